The molecular weight excluding hydrogens is 250 g/mol. The minimum atomic E-state index is -0.755. The predicted molar refractivity (Wildman–Crippen MR) is 43.2 cm³/mol. The molecule has 0 aromatic heterocycles. The largest absolute Gasteiger partial charge is 0.292 e. The zero-order chi connectivity index (χ0) is 6.91. The third-order valence-electron chi connectivity index (χ3n) is 0.877. The van der Waals surface area contributed by atoms with Crippen LogP contribution in [0.2, 0.25) is 0 Å². The normalized spacial score (nSPS) is 22.7. The Balaban J connectivity index is 2.91. The Labute approximate surface area is 69.3 Å². The van der Waals surface area contributed by atoms with Crippen LogP contribution in [-0.4, -0.2) is 15.2 Å². The summed E-state index contributed by atoms with van der Waals surface area (Å²) in [5.41, 5.74) is 0. The summed E-state index contributed by atoms with van der Waals surface area (Å²) in [5, 5.41) is 0. The van der Waals surface area contributed by atoms with Crippen molar-refractivity contribution in [3.05, 3.63) is 12.3 Å². The molecule has 0 atom stereocenters. The van der Waals surface area contributed by atoms with Crippen LogP contribution in [0.1, 0.15) is 0 Å². The van der Waals surface area contributed by atoms with E-state index in [4.69, 9.17) is 0 Å². The molecule has 9 heavy (non-hydrogen) atoms. The molecule has 0 unspecified atom stereocenters. The summed E-state index contributed by atoms with van der Waals surface area (Å²) in [7, 11) is 0. The molecule has 48 valence electrons. The van der Waals surface area contributed by atoms with Crippen molar-refractivity contribution >= 4 is 43.9 Å². The van der Waals surface area contributed by atoms with E-state index in [0.717, 1.165) is 0 Å². The number of halogens is 2. The molecule has 1 aliphatic heterocycles. The number of nitrogens with zero attached hydrogens (tertiary/aromatic N) is 1. The van der Waals surface area contributed by atoms with Crippen LogP contribution in [0.3, 0.4) is 0 Å². The van der Waals surface area contributed by atoms with E-state index in [1.54, 1.807) is 0 Å². The van der Waals surface area contributed by atoms with Gasteiger partial charge in [-0.25, -0.2) is 0 Å². The maximum Gasteiger partial charge on any atom is 0.190 e. The van der Waals surface area contributed by atoms with Crippen molar-refractivity contribution in [3.8, 4) is 0 Å². The maximum atomic E-state index is 10.8. The number of allylic oxidation sites excluding steroid dienone is 1. The molecule has 0 aliphatic carbocycles. The second-order valence-corrected chi connectivity index (χ2v) is 5.15. The van der Waals surface area contributed by atoms with Crippen molar-refractivity contribution < 1.29 is 4.79 Å². The Hall–Kier alpha value is 0.0400. The fourth-order valence-corrected chi connectivity index (χ4v) is 0.923. The van der Waals surface area contributed by atoms with Gasteiger partial charge in [-0.2, -0.15) is 0 Å². The number of rotatable bonds is 0. The van der Waals surface area contributed by atoms with Gasteiger partial charge in [0.05, 0.1) is 0 Å². The minimum Gasteiger partial charge on any atom is -0.292 e. The number of hydrogen-bond acceptors (Lipinski definition) is 2. The van der Waals surface area contributed by atoms with Gasteiger partial charge >= 0.3 is 0 Å². The van der Waals surface area contributed by atoms with Crippen LogP contribution in [-0.2, 0) is 4.79 Å². The van der Waals surface area contributed by atoms with Crippen LogP contribution in [0.4, 0.5) is 0 Å². The van der Waals surface area contributed by atoms with Gasteiger partial charge in [0, 0.05) is 18.5 Å². The van der Waals surface area contributed by atoms with E-state index in [1.165, 1.54) is 18.5 Å². The highest BCUT2D eigenvalue weighted by Gasteiger charge is 2.29. The summed E-state index contributed by atoms with van der Waals surface area (Å²) in [5.74, 6) is -0.0440. The van der Waals surface area contributed by atoms with Gasteiger partial charge in [0.25, 0.3) is 0 Å². The molecule has 1 heterocycles. The number of carbonyl (C=O) groups is 1. The molecule has 1 rings (SSSR count). The Kier molecular flexibility index (Phi) is 1.86. The molecule has 1 aliphatic rings. The standard InChI is InChI=1S/C5H3Br2NO/c6-5(7)3-8-2-1-4(5)9/h1-3H. The average molecular weight is 253 g/mol. The van der Waals surface area contributed by atoms with Crippen molar-refractivity contribution in [2.75, 3.05) is 0 Å². The Morgan fingerprint density at radius 2 is 2.22 bits per heavy atom. The van der Waals surface area contributed by atoms with E-state index in [1.807, 2.05) is 0 Å². The van der Waals surface area contributed by atoms with E-state index >= 15 is 0 Å². The summed E-state index contributed by atoms with van der Waals surface area (Å²) in [6.07, 6.45) is 4.36. The molecule has 0 saturated heterocycles. The van der Waals surface area contributed by atoms with E-state index in [0.29, 0.717) is 0 Å². The SMILES string of the molecule is O=C1C=CN=CC1(Br)Br. The molecule has 0 N–H and O–H groups in total. The van der Waals surface area contributed by atoms with Crippen LogP contribution in [0.15, 0.2) is 17.3 Å². The first-order valence-electron chi connectivity index (χ1n) is 2.26. The molecule has 0 fully saturated rings. The van der Waals surface area contributed by atoms with Gasteiger partial charge in [-0.3, -0.25) is 9.79 Å². The monoisotopic (exact) mass is 251 g/mol. The number of hydrogen-bond donors (Lipinski definition) is 0. The molecule has 0 amide bonds. The first kappa shape index (κ1) is 7.15. The zero-order valence-electron chi connectivity index (χ0n) is 4.34. The van der Waals surface area contributed by atoms with Crippen LogP contribution in [0.5, 0.6) is 0 Å². The number of aliphatic imine (C=N–C) groups is 1. The van der Waals surface area contributed by atoms with Crippen LogP contribution in [0.25, 0.3) is 0 Å². The topological polar surface area (TPSA) is 29.4 Å². The molecule has 0 radical (unpaired) electrons. The number of alkyl halides is 2. The van der Waals surface area contributed by atoms with Gasteiger partial charge in [-0.05, 0) is 0 Å². The van der Waals surface area contributed by atoms with Crippen LogP contribution >= 0.6 is 31.9 Å². The molecular formula is C5H3Br2NO. The minimum absolute atomic E-state index is 0.0440. The van der Waals surface area contributed by atoms with Crippen LogP contribution < -0.4 is 0 Å². The molecule has 0 aromatic rings. The quantitative estimate of drug-likeness (QED) is 0.603. The highest BCUT2D eigenvalue weighted by Crippen LogP contribution is 2.27. The van der Waals surface area contributed by atoms with Gasteiger partial charge in [0.15, 0.2) is 9.02 Å². The lowest BCUT2D eigenvalue weighted by atomic mass is 10.2. The van der Waals surface area contributed by atoms with E-state index in [2.05, 4.69) is 36.9 Å². The molecule has 0 aromatic carbocycles. The summed E-state index contributed by atoms with van der Waals surface area (Å²) in [6.45, 7) is 0. The van der Waals surface area contributed by atoms with Crippen molar-refractivity contribution in [1.29, 1.82) is 0 Å². The second kappa shape index (κ2) is 2.34. The van der Waals surface area contributed by atoms with Crippen LogP contribution in [0, 0.1) is 0 Å². The number of ketones is 1. The lowest BCUT2D eigenvalue weighted by molar-refractivity contribution is -0.113. The van der Waals surface area contributed by atoms with Crippen molar-refractivity contribution in [2.24, 2.45) is 4.99 Å². The predicted octanol–water partition coefficient (Wildman–Crippen LogP) is 1.64. The summed E-state index contributed by atoms with van der Waals surface area (Å²) < 4.78 is -0.755. The zero-order valence-corrected chi connectivity index (χ0v) is 7.52. The third-order valence-corrected chi connectivity index (χ3v) is 2.07. The van der Waals surface area contributed by atoms with E-state index < -0.39 is 3.23 Å². The first-order chi connectivity index (χ1) is 4.13. The van der Waals surface area contributed by atoms with Gasteiger partial charge in [0.1, 0.15) is 0 Å². The van der Waals surface area contributed by atoms with Crippen molar-refractivity contribution in [3.63, 3.8) is 0 Å². The third kappa shape index (κ3) is 1.49. The lowest BCUT2D eigenvalue weighted by Gasteiger charge is -2.11. The second-order valence-electron chi connectivity index (χ2n) is 1.58. The molecule has 2 nitrogen and oxygen atoms in total. The fourth-order valence-electron chi connectivity index (χ4n) is 0.422. The summed E-state index contributed by atoms with van der Waals surface area (Å²) >= 11 is 6.25. The fraction of sp³-hybridized carbons (Fsp3) is 0.200. The molecule has 4 heteroatoms. The summed E-state index contributed by atoms with van der Waals surface area (Å²) in [4.78, 5) is 14.6. The highest BCUT2D eigenvalue weighted by molar-refractivity contribution is 9.26. The Morgan fingerprint density at radius 3 is 2.56 bits per heavy atom. The van der Waals surface area contributed by atoms with Crippen molar-refractivity contribution in [2.45, 2.75) is 3.23 Å². The molecule has 0 saturated carbocycles. The molecule has 0 spiro atoms. The Morgan fingerprint density at radius 1 is 1.56 bits per heavy atom. The van der Waals surface area contributed by atoms with E-state index in [-0.39, 0.29) is 5.78 Å². The number of carbonyl (C=O) groups excluding carboxylic acids is 1. The first-order valence-corrected chi connectivity index (χ1v) is 3.85. The van der Waals surface area contributed by atoms with Crippen molar-refractivity contribution in [1.82, 2.24) is 0 Å². The van der Waals surface area contributed by atoms with Gasteiger partial charge < -0.3 is 0 Å². The highest BCUT2D eigenvalue weighted by atomic mass is 79.9. The maximum absolute atomic E-state index is 10.8. The van der Waals surface area contributed by atoms with Gasteiger partial charge in [-0.1, -0.05) is 31.9 Å². The smallest absolute Gasteiger partial charge is 0.190 e. The van der Waals surface area contributed by atoms with Gasteiger partial charge in [-0.15, -0.1) is 0 Å². The Bertz CT molecular complexity index is 195. The molecule has 0 bridgehead atoms. The lowest BCUT2D eigenvalue weighted by Crippen LogP contribution is -2.25. The van der Waals surface area contributed by atoms with E-state index in [9.17, 15) is 4.79 Å². The van der Waals surface area contributed by atoms with Gasteiger partial charge in [0.2, 0.25) is 0 Å². The summed E-state index contributed by atoms with van der Waals surface area (Å²) in [6, 6.07) is 0. The average Bonchev–Trinajstić information content (AvgIpc) is 1.77.